The van der Waals surface area contributed by atoms with E-state index in [9.17, 15) is 14.4 Å². The van der Waals surface area contributed by atoms with Crippen molar-refractivity contribution < 1.29 is 13.9 Å². The van der Waals surface area contributed by atoms with Crippen LogP contribution in [0.1, 0.15) is 54.5 Å². The number of piperidine rings is 1. The second-order valence-corrected chi connectivity index (χ2v) is 10.3. The lowest BCUT2D eigenvalue weighted by Gasteiger charge is -2.43. The summed E-state index contributed by atoms with van der Waals surface area (Å²) in [5, 5.41) is 0.973. The SMILES string of the molecule is Cc1c(O[C@H](C)C(=O)N2C[C@@H]3C[C@H](C2)c2cccc(=O)n2C3)ccc2c3c(c(=O)oc12)CCCC3. The van der Waals surface area contributed by atoms with Gasteiger partial charge >= 0.3 is 5.63 Å². The number of fused-ring (bicyclic) bond motifs is 7. The molecule has 1 aliphatic carbocycles. The van der Waals surface area contributed by atoms with Gasteiger partial charge in [0.1, 0.15) is 11.3 Å². The zero-order chi connectivity index (χ0) is 24.3. The van der Waals surface area contributed by atoms with Crippen molar-refractivity contribution in [3.8, 4) is 5.75 Å². The lowest BCUT2D eigenvalue weighted by molar-refractivity contribution is -0.140. The highest BCUT2D eigenvalue weighted by Crippen LogP contribution is 2.36. The molecule has 7 heteroatoms. The summed E-state index contributed by atoms with van der Waals surface area (Å²) in [6.45, 7) is 5.52. The summed E-state index contributed by atoms with van der Waals surface area (Å²) in [7, 11) is 0. The summed E-state index contributed by atoms with van der Waals surface area (Å²) in [5.74, 6) is 0.931. The molecule has 4 heterocycles. The molecule has 0 N–H and O–H groups in total. The van der Waals surface area contributed by atoms with Gasteiger partial charge in [-0.3, -0.25) is 9.59 Å². The van der Waals surface area contributed by atoms with Crippen LogP contribution in [0.5, 0.6) is 5.75 Å². The van der Waals surface area contributed by atoms with Gasteiger partial charge in [-0.1, -0.05) is 6.07 Å². The Balaban J connectivity index is 1.24. The fourth-order valence-corrected chi connectivity index (χ4v) is 6.33. The van der Waals surface area contributed by atoms with Crippen molar-refractivity contribution in [2.75, 3.05) is 13.1 Å². The topological polar surface area (TPSA) is 81.8 Å². The number of carbonyl (C=O) groups is 1. The van der Waals surface area contributed by atoms with Crippen LogP contribution >= 0.6 is 0 Å². The monoisotopic (exact) mass is 474 g/mol. The molecule has 7 nitrogen and oxygen atoms in total. The van der Waals surface area contributed by atoms with Gasteiger partial charge in [0.25, 0.3) is 11.5 Å². The van der Waals surface area contributed by atoms with Crippen LogP contribution in [0.15, 0.2) is 44.3 Å². The van der Waals surface area contributed by atoms with Gasteiger partial charge in [0.15, 0.2) is 6.10 Å². The number of likely N-dealkylation sites (tertiary alicyclic amines) is 1. The molecule has 6 rings (SSSR count). The first-order chi connectivity index (χ1) is 16.9. The maximum Gasteiger partial charge on any atom is 0.339 e. The van der Waals surface area contributed by atoms with Crippen molar-refractivity contribution in [3.05, 3.63) is 73.5 Å². The average molecular weight is 475 g/mol. The van der Waals surface area contributed by atoms with E-state index >= 15 is 0 Å². The Morgan fingerprint density at radius 2 is 1.86 bits per heavy atom. The van der Waals surface area contributed by atoms with Crippen molar-refractivity contribution in [3.63, 3.8) is 0 Å². The Hall–Kier alpha value is -3.35. The highest BCUT2D eigenvalue weighted by atomic mass is 16.5. The fraction of sp³-hybridized carbons (Fsp3) is 0.464. The van der Waals surface area contributed by atoms with E-state index < -0.39 is 6.10 Å². The maximum atomic E-state index is 13.4. The number of nitrogens with zero attached hydrogens (tertiary/aromatic N) is 2. The average Bonchev–Trinajstić information content (AvgIpc) is 2.86. The molecule has 1 fully saturated rings. The van der Waals surface area contributed by atoms with Crippen LogP contribution < -0.4 is 15.9 Å². The number of ether oxygens (including phenoxy) is 1. The molecule has 2 aliphatic heterocycles. The van der Waals surface area contributed by atoms with Crippen LogP contribution in [0.2, 0.25) is 0 Å². The number of carbonyl (C=O) groups excluding carboxylic acids is 1. The summed E-state index contributed by atoms with van der Waals surface area (Å²) in [6.07, 6.45) is 4.07. The van der Waals surface area contributed by atoms with Crippen LogP contribution in [0.25, 0.3) is 11.0 Å². The molecule has 2 bridgehead atoms. The number of amides is 1. The smallest absolute Gasteiger partial charge is 0.339 e. The second-order valence-electron chi connectivity index (χ2n) is 10.3. The number of hydrogen-bond donors (Lipinski definition) is 0. The van der Waals surface area contributed by atoms with E-state index in [1.807, 2.05) is 34.6 Å². The van der Waals surface area contributed by atoms with E-state index in [0.29, 0.717) is 31.0 Å². The summed E-state index contributed by atoms with van der Waals surface area (Å²) in [6, 6.07) is 9.26. The third kappa shape index (κ3) is 3.68. The lowest BCUT2D eigenvalue weighted by atomic mass is 9.83. The first-order valence-electron chi connectivity index (χ1n) is 12.6. The van der Waals surface area contributed by atoms with E-state index in [1.54, 1.807) is 19.1 Å². The standard InChI is InChI=1S/C28H30N2O5/c1-16-24(11-10-21-20-6-3-4-7-22(20)28(33)35-26(16)21)34-17(2)27(32)29-13-18-12-19(15-29)23-8-5-9-25(31)30(23)14-18/h5,8-11,17-19H,3-4,6-7,12-15H2,1-2H3/t17-,18+,19-/m1/s1. The van der Waals surface area contributed by atoms with E-state index in [4.69, 9.17) is 9.15 Å². The molecule has 1 amide bonds. The number of hydrogen-bond acceptors (Lipinski definition) is 5. The minimum Gasteiger partial charge on any atom is -0.480 e. The molecule has 0 spiro atoms. The van der Waals surface area contributed by atoms with Gasteiger partial charge in [0.05, 0.1) is 0 Å². The van der Waals surface area contributed by atoms with Crippen LogP contribution in [-0.2, 0) is 24.2 Å². The maximum absolute atomic E-state index is 13.4. The number of rotatable bonds is 3. The van der Waals surface area contributed by atoms with Crippen LogP contribution in [0, 0.1) is 12.8 Å². The van der Waals surface area contributed by atoms with Crippen LogP contribution in [-0.4, -0.2) is 34.6 Å². The molecule has 0 unspecified atom stereocenters. The molecule has 3 atom stereocenters. The zero-order valence-corrected chi connectivity index (χ0v) is 20.2. The molecule has 182 valence electrons. The van der Waals surface area contributed by atoms with Gasteiger partial charge in [-0.15, -0.1) is 0 Å². The van der Waals surface area contributed by atoms with Crippen molar-refractivity contribution in [1.82, 2.24) is 9.47 Å². The van der Waals surface area contributed by atoms with Gasteiger partial charge in [-0.05, 0) is 75.6 Å². The first kappa shape index (κ1) is 22.1. The van der Waals surface area contributed by atoms with Gasteiger partial charge < -0.3 is 18.6 Å². The third-order valence-electron chi connectivity index (χ3n) is 8.03. The Labute approximate surface area is 203 Å². The molecule has 3 aromatic rings. The van der Waals surface area contributed by atoms with Gasteiger partial charge in [0, 0.05) is 53.8 Å². The van der Waals surface area contributed by atoms with E-state index in [1.165, 1.54) is 0 Å². The molecule has 0 saturated carbocycles. The lowest BCUT2D eigenvalue weighted by Crippen LogP contribution is -2.52. The molecular formula is C28H30N2O5. The quantitative estimate of drug-likeness (QED) is 0.542. The highest BCUT2D eigenvalue weighted by molar-refractivity contribution is 5.86. The Kier molecular flexibility index (Phi) is 5.31. The van der Waals surface area contributed by atoms with Gasteiger partial charge in [-0.2, -0.15) is 0 Å². The number of aromatic nitrogens is 1. The number of pyridine rings is 1. The summed E-state index contributed by atoms with van der Waals surface area (Å²) in [5.41, 5.74) is 4.01. The molecule has 3 aliphatic rings. The summed E-state index contributed by atoms with van der Waals surface area (Å²) >= 11 is 0. The number of aryl methyl sites for hydroxylation is 2. The minimum absolute atomic E-state index is 0.0355. The van der Waals surface area contributed by atoms with Gasteiger partial charge in [-0.25, -0.2) is 4.79 Å². The molecule has 1 saturated heterocycles. The Bertz CT molecular complexity index is 1450. The van der Waals surface area contributed by atoms with Crippen molar-refractivity contribution >= 4 is 16.9 Å². The summed E-state index contributed by atoms with van der Waals surface area (Å²) < 4.78 is 13.7. The Morgan fingerprint density at radius 1 is 1.06 bits per heavy atom. The van der Waals surface area contributed by atoms with Crippen molar-refractivity contribution in [1.29, 1.82) is 0 Å². The normalized spacial score (nSPS) is 21.8. The van der Waals surface area contributed by atoms with Gasteiger partial charge in [0.2, 0.25) is 0 Å². The van der Waals surface area contributed by atoms with E-state index in [0.717, 1.165) is 59.9 Å². The van der Waals surface area contributed by atoms with E-state index in [-0.39, 0.29) is 28.9 Å². The molecular weight excluding hydrogens is 444 g/mol. The molecule has 2 aromatic heterocycles. The molecule has 35 heavy (non-hydrogen) atoms. The van der Waals surface area contributed by atoms with Crippen LogP contribution in [0.4, 0.5) is 0 Å². The molecule has 1 aromatic carbocycles. The van der Waals surface area contributed by atoms with E-state index in [2.05, 4.69) is 0 Å². The zero-order valence-electron chi connectivity index (χ0n) is 20.2. The molecule has 0 radical (unpaired) electrons. The minimum atomic E-state index is -0.674. The van der Waals surface area contributed by atoms with Crippen molar-refractivity contribution in [2.24, 2.45) is 5.92 Å². The van der Waals surface area contributed by atoms with Crippen LogP contribution in [0.3, 0.4) is 0 Å². The fourth-order valence-electron chi connectivity index (χ4n) is 6.33. The predicted octanol–water partition coefficient (Wildman–Crippen LogP) is 3.56. The predicted molar refractivity (Wildman–Crippen MR) is 132 cm³/mol. The first-order valence-corrected chi connectivity index (χ1v) is 12.6. The highest BCUT2D eigenvalue weighted by Gasteiger charge is 2.37. The largest absolute Gasteiger partial charge is 0.480 e. The second kappa shape index (κ2) is 8.40. The third-order valence-corrected chi connectivity index (χ3v) is 8.03. The van der Waals surface area contributed by atoms with Crippen molar-refractivity contribution in [2.45, 2.75) is 64.5 Å². The number of benzene rings is 1. The Morgan fingerprint density at radius 3 is 2.69 bits per heavy atom. The summed E-state index contributed by atoms with van der Waals surface area (Å²) in [4.78, 5) is 40.2.